The second-order valence-corrected chi connectivity index (χ2v) is 3.70. The molecule has 1 aromatic heterocycles. The van der Waals surface area contributed by atoms with Gasteiger partial charge in [-0.25, -0.2) is 0 Å². The van der Waals surface area contributed by atoms with Gasteiger partial charge in [-0.2, -0.15) is 5.10 Å². The smallest absolute Gasteiger partial charge is 0.0597 e. The quantitative estimate of drug-likeness (QED) is 0.663. The molecule has 0 aromatic carbocycles. The molecule has 0 saturated heterocycles. The van der Waals surface area contributed by atoms with Gasteiger partial charge in [0, 0.05) is 19.7 Å². The fourth-order valence-electron chi connectivity index (χ4n) is 1.59. The van der Waals surface area contributed by atoms with Gasteiger partial charge in [-0.05, 0) is 39.3 Å². The minimum absolute atomic E-state index is 0.285. The predicted molar refractivity (Wildman–Crippen MR) is 60.7 cm³/mol. The van der Waals surface area contributed by atoms with Gasteiger partial charge in [-0.15, -0.1) is 0 Å². The Bertz CT molecular complexity index is 283. The molecule has 0 unspecified atom stereocenters. The van der Waals surface area contributed by atoms with Crippen LogP contribution in [0.15, 0.2) is 6.07 Å². The third kappa shape index (κ3) is 4.01. The Kier molecular flexibility index (Phi) is 5.36. The van der Waals surface area contributed by atoms with Crippen LogP contribution in [-0.4, -0.2) is 28.0 Å². The topological polar surface area (TPSA) is 50.1 Å². The third-order valence-corrected chi connectivity index (χ3v) is 2.35. The molecular weight excluding hydrogens is 190 g/mol. The van der Waals surface area contributed by atoms with Gasteiger partial charge in [0.1, 0.15) is 0 Å². The Balaban J connectivity index is 2.30. The van der Waals surface area contributed by atoms with Crippen LogP contribution in [0.1, 0.15) is 31.2 Å². The molecule has 0 spiro atoms. The van der Waals surface area contributed by atoms with Crippen LogP contribution in [0.3, 0.4) is 0 Å². The first-order valence-electron chi connectivity index (χ1n) is 5.62. The molecule has 4 nitrogen and oxygen atoms in total. The lowest BCUT2D eigenvalue weighted by molar-refractivity contribution is 0.283. The van der Waals surface area contributed by atoms with Gasteiger partial charge in [0.15, 0.2) is 0 Å². The Morgan fingerprint density at radius 2 is 2.27 bits per heavy atom. The molecule has 0 atom stereocenters. The molecule has 2 N–H and O–H groups in total. The van der Waals surface area contributed by atoms with E-state index in [1.54, 1.807) is 0 Å². The second-order valence-electron chi connectivity index (χ2n) is 3.70. The first-order chi connectivity index (χ1) is 7.27. The molecule has 15 heavy (non-hydrogen) atoms. The van der Waals surface area contributed by atoms with Gasteiger partial charge < -0.3 is 10.4 Å². The minimum atomic E-state index is 0.285. The molecule has 0 amide bonds. The molecule has 0 fully saturated rings. The first-order valence-corrected chi connectivity index (χ1v) is 5.62. The summed E-state index contributed by atoms with van der Waals surface area (Å²) in [6.07, 6.45) is 1.90. The maximum Gasteiger partial charge on any atom is 0.0597 e. The van der Waals surface area contributed by atoms with Crippen LogP contribution in [0.2, 0.25) is 0 Å². The fourth-order valence-corrected chi connectivity index (χ4v) is 1.59. The van der Waals surface area contributed by atoms with Crippen molar-refractivity contribution >= 4 is 0 Å². The summed E-state index contributed by atoms with van der Waals surface area (Å²) in [7, 11) is 0. The summed E-state index contributed by atoms with van der Waals surface area (Å²) in [5.41, 5.74) is 2.31. The lowest BCUT2D eigenvalue weighted by atomic mass is 10.3. The van der Waals surface area contributed by atoms with Crippen molar-refractivity contribution in [3.05, 3.63) is 17.5 Å². The van der Waals surface area contributed by atoms with Crippen LogP contribution in [-0.2, 0) is 13.1 Å². The molecule has 1 rings (SSSR count). The van der Waals surface area contributed by atoms with Crippen molar-refractivity contribution in [1.29, 1.82) is 0 Å². The number of nitrogens with zero attached hydrogens (tertiary/aromatic N) is 2. The van der Waals surface area contributed by atoms with Gasteiger partial charge in [0.25, 0.3) is 0 Å². The number of aromatic nitrogens is 2. The van der Waals surface area contributed by atoms with Crippen molar-refractivity contribution in [1.82, 2.24) is 15.1 Å². The summed E-state index contributed by atoms with van der Waals surface area (Å²) in [5.74, 6) is 0. The van der Waals surface area contributed by atoms with E-state index >= 15 is 0 Å². The molecule has 0 aliphatic heterocycles. The van der Waals surface area contributed by atoms with Crippen LogP contribution in [0.25, 0.3) is 0 Å². The number of hydrogen-bond acceptors (Lipinski definition) is 3. The number of hydrogen-bond donors (Lipinski definition) is 2. The van der Waals surface area contributed by atoms with E-state index in [0.717, 1.165) is 38.2 Å². The van der Waals surface area contributed by atoms with Crippen LogP contribution in [0, 0.1) is 6.92 Å². The molecule has 0 aliphatic carbocycles. The third-order valence-electron chi connectivity index (χ3n) is 2.35. The zero-order valence-electron chi connectivity index (χ0n) is 9.66. The predicted octanol–water partition coefficient (Wildman–Crippen LogP) is 1.07. The zero-order valence-corrected chi connectivity index (χ0v) is 9.66. The monoisotopic (exact) mass is 211 g/mol. The number of unbranched alkanes of at least 4 members (excludes halogenated alkanes) is 1. The first kappa shape index (κ1) is 12.2. The average molecular weight is 211 g/mol. The fraction of sp³-hybridized carbons (Fsp3) is 0.727. The Morgan fingerprint density at radius 1 is 1.47 bits per heavy atom. The maximum absolute atomic E-state index is 8.63. The van der Waals surface area contributed by atoms with Gasteiger partial charge in [0.05, 0.1) is 11.4 Å². The highest BCUT2D eigenvalue weighted by molar-refractivity contribution is 5.08. The SMILES string of the molecule is CCn1nc(C)cc1CNCCCCO. The highest BCUT2D eigenvalue weighted by atomic mass is 16.2. The van der Waals surface area contributed by atoms with Crippen LogP contribution in [0.4, 0.5) is 0 Å². The highest BCUT2D eigenvalue weighted by Crippen LogP contribution is 2.03. The normalized spacial score (nSPS) is 10.9. The van der Waals surface area contributed by atoms with Crippen molar-refractivity contribution in [3.63, 3.8) is 0 Å². The van der Waals surface area contributed by atoms with E-state index in [1.165, 1.54) is 5.69 Å². The van der Waals surface area contributed by atoms with Gasteiger partial charge in [-0.3, -0.25) is 4.68 Å². The molecule has 0 saturated carbocycles. The van der Waals surface area contributed by atoms with Crippen molar-refractivity contribution in [3.8, 4) is 0 Å². The van der Waals surface area contributed by atoms with E-state index in [4.69, 9.17) is 5.11 Å². The van der Waals surface area contributed by atoms with E-state index in [2.05, 4.69) is 23.4 Å². The zero-order chi connectivity index (χ0) is 11.1. The summed E-state index contributed by atoms with van der Waals surface area (Å²) >= 11 is 0. The van der Waals surface area contributed by atoms with Crippen molar-refractivity contribution in [2.75, 3.05) is 13.2 Å². The minimum Gasteiger partial charge on any atom is -0.396 e. The molecule has 86 valence electrons. The van der Waals surface area contributed by atoms with E-state index in [0.29, 0.717) is 0 Å². The Morgan fingerprint density at radius 3 is 2.93 bits per heavy atom. The molecule has 1 heterocycles. The molecule has 1 aromatic rings. The van der Waals surface area contributed by atoms with Crippen molar-refractivity contribution < 1.29 is 5.11 Å². The molecule has 0 radical (unpaired) electrons. The summed E-state index contributed by atoms with van der Waals surface area (Å²) < 4.78 is 2.02. The molecule has 0 aliphatic rings. The summed E-state index contributed by atoms with van der Waals surface area (Å²) in [4.78, 5) is 0. The van der Waals surface area contributed by atoms with Crippen LogP contribution < -0.4 is 5.32 Å². The summed E-state index contributed by atoms with van der Waals surface area (Å²) in [6.45, 7) is 7.13. The lowest BCUT2D eigenvalue weighted by Gasteiger charge is -2.05. The Labute approximate surface area is 91.3 Å². The number of aryl methyl sites for hydroxylation is 2. The van der Waals surface area contributed by atoms with Gasteiger partial charge in [0.2, 0.25) is 0 Å². The second kappa shape index (κ2) is 6.58. The lowest BCUT2D eigenvalue weighted by Crippen LogP contribution is -2.17. The van der Waals surface area contributed by atoms with Crippen molar-refractivity contribution in [2.45, 2.75) is 39.8 Å². The standard InChI is InChI=1S/C11H21N3O/c1-3-14-11(8-10(2)13-14)9-12-6-4-5-7-15/h8,12,15H,3-7,9H2,1-2H3. The molecule has 0 bridgehead atoms. The maximum atomic E-state index is 8.63. The van der Waals surface area contributed by atoms with Gasteiger partial charge >= 0.3 is 0 Å². The largest absolute Gasteiger partial charge is 0.396 e. The van der Waals surface area contributed by atoms with E-state index in [9.17, 15) is 0 Å². The van der Waals surface area contributed by atoms with E-state index in [-0.39, 0.29) is 6.61 Å². The summed E-state index contributed by atoms with van der Waals surface area (Å²) in [5, 5.41) is 16.4. The number of aliphatic hydroxyl groups is 1. The van der Waals surface area contributed by atoms with Crippen LogP contribution >= 0.6 is 0 Å². The molecular formula is C11H21N3O. The van der Waals surface area contributed by atoms with Crippen molar-refractivity contribution in [2.24, 2.45) is 0 Å². The highest BCUT2D eigenvalue weighted by Gasteiger charge is 2.02. The summed E-state index contributed by atoms with van der Waals surface area (Å²) in [6, 6.07) is 2.11. The Hall–Kier alpha value is -0.870. The molecule has 4 heteroatoms. The van der Waals surface area contributed by atoms with E-state index < -0.39 is 0 Å². The van der Waals surface area contributed by atoms with E-state index in [1.807, 2.05) is 11.6 Å². The number of nitrogens with one attached hydrogen (secondary N) is 1. The number of rotatable bonds is 7. The average Bonchev–Trinajstić information content (AvgIpc) is 2.59. The number of aliphatic hydroxyl groups excluding tert-OH is 1. The van der Waals surface area contributed by atoms with Crippen LogP contribution in [0.5, 0.6) is 0 Å². The van der Waals surface area contributed by atoms with Gasteiger partial charge in [-0.1, -0.05) is 0 Å².